The standard InChI is InChI=1S/C10H14O2/c1-2-9-4-3-8(6-11)5-10(9)7-12/h3-5,11-12H,2,6-7H2,1H3. The summed E-state index contributed by atoms with van der Waals surface area (Å²) >= 11 is 0. The van der Waals surface area contributed by atoms with Crippen molar-refractivity contribution in [2.24, 2.45) is 0 Å². The Bertz CT molecular complexity index is 256. The molecule has 1 aromatic carbocycles. The molecule has 0 amide bonds. The molecule has 0 saturated carbocycles. The van der Waals surface area contributed by atoms with E-state index in [4.69, 9.17) is 10.2 Å². The van der Waals surface area contributed by atoms with E-state index in [1.54, 1.807) is 0 Å². The van der Waals surface area contributed by atoms with Crippen LogP contribution in [0.15, 0.2) is 18.2 Å². The first-order valence-electron chi connectivity index (χ1n) is 4.14. The summed E-state index contributed by atoms with van der Waals surface area (Å²) in [6.07, 6.45) is 0.918. The van der Waals surface area contributed by atoms with Gasteiger partial charge in [-0.25, -0.2) is 0 Å². The van der Waals surface area contributed by atoms with Gasteiger partial charge in [-0.3, -0.25) is 0 Å². The average Bonchev–Trinajstić information content (AvgIpc) is 2.16. The summed E-state index contributed by atoms with van der Waals surface area (Å²) in [5, 5.41) is 17.8. The molecule has 0 unspecified atom stereocenters. The first kappa shape index (κ1) is 9.23. The van der Waals surface area contributed by atoms with Crippen molar-refractivity contribution in [3.63, 3.8) is 0 Å². The molecule has 0 atom stereocenters. The summed E-state index contributed by atoms with van der Waals surface area (Å²) in [7, 11) is 0. The summed E-state index contributed by atoms with van der Waals surface area (Å²) in [5.74, 6) is 0. The van der Waals surface area contributed by atoms with Gasteiger partial charge in [0.1, 0.15) is 0 Å². The molecule has 0 aliphatic heterocycles. The number of hydrogen-bond donors (Lipinski definition) is 2. The van der Waals surface area contributed by atoms with E-state index in [9.17, 15) is 0 Å². The number of hydrogen-bond acceptors (Lipinski definition) is 2. The summed E-state index contributed by atoms with van der Waals surface area (Å²) in [4.78, 5) is 0. The Balaban J connectivity index is 3.02. The smallest absolute Gasteiger partial charge is 0.0684 e. The van der Waals surface area contributed by atoms with E-state index < -0.39 is 0 Å². The van der Waals surface area contributed by atoms with Crippen molar-refractivity contribution in [3.8, 4) is 0 Å². The minimum Gasteiger partial charge on any atom is -0.392 e. The normalized spacial score (nSPS) is 10.2. The SMILES string of the molecule is CCc1ccc(CO)cc1CO. The Morgan fingerprint density at radius 2 is 1.83 bits per heavy atom. The fourth-order valence-corrected chi connectivity index (χ4v) is 1.27. The van der Waals surface area contributed by atoms with Crippen molar-refractivity contribution in [1.82, 2.24) is 0 Å². The van der Waals surface area contributed by atoms with Crippen LogP contribution in [0.1, 0.15) is 23.6 Å². The molecule has 2 nitrogen and oxygen atoms in total. The van der Waals surface area contributed by atoms with Gasteiger partial charge in [0.25, 0.3) is 0 Å². The molecule has 0 bridgehead atoms. The second-order valence-electron chi connectivity index (χ2n) is 2.77. The van der Waals surface area contributed by atoms with Gasteiger partial charge >= 0.3 is 0 Å². The van der Waals surface area contributed by atoms with Crippen LogP contribution in [0.3, 0.4) is 0 Å². The summed E-state index contributed by atoms with van der Waals surface area (Å²) in [6.45, 7) is 2.14. The molecular weight excluding hydrogens is 152 g/mol. The Labute approximate surface area is 72.5 Å². The maximum absolute atomic E-state index is 8.99. The first-order valence-corrected chi connectivity index (χ1v) is 4.14. The molecule has 0 saturated heterocycles. The van der Waals surface area contributed by atoms with Gasteiger partial charge in [-0.1, -0.05) is 25.1 Å². The van der Waals surface area contributed by atoms with Crippen molar-refractivity contribution in [1.29, 1.82) is 0 Å². The van der Waals surface area contributed by atoms with E-state index in [-0.39, 0.29) is 13.2 Å². The van der Waals surface area contributed by atoms with Crippen molar-refractivity contribution >= 4 is 0 Å². The highest BCUT2D eigenvalue weighted by Gasteiger charge is 2.00. The van der Waals surface area contributed by atoms with Crippen molar-refractivity contribution < 1.29 is 10.2 Å². The molecule has 0 heterocycles. The Morgan fingerprint density at radius 3 is 2.33 bits per heavy atom. The van der Waals surface area contributed by atoms with Crippen molar-refractivity contribution in [3.05, 3.63) is 34.9 Å². The lowest BCUT2D eigenvalue weighted by Crippen LogP contribution is -1.94. The van der Waals surface area contributed by atoms with Gasteiger partial charge in [-0.15, -0.1) is 0 Å². The van der Waals surface area contributed by atoms with E-state index >= 15 is 0 Å². The topological polar surface area (TPSA) is 40.5 Å². The second kappa shape index (κ2) is 4.24. The van der Waals surface area contributed by atoms with Gasteiger partial charge in [0.15, 0.2) is 0 Å². The van der Waals surface area contributed by atoms with Crippen molar-refractivity contribution in [2.45, 2.75) is 26.6 Å². The van der Waals surface area contributed by atoms with Crippen LogP contribution in [0, 0.1) is 0 Å². The third-order valence-corrected chi connectivity index (χ3v) is 2.00. The summed E-state index contributed by atoms with van der Waals surface area (Å²) < 4.78 is 0. The van der Waals surface area contributed by atoms with Crippen LogP contribution in [-0.2, 0) is 19.6 Å². The lowest BCUT2D eigenvalue weighted by atomic mass is 10.0. The fourth-order valence-electron chi connectivity index (χ4n) is 1.27. The molecule has 0 aliphatic rings. The van der Waals surface area contributed by atoms with Crippen LogP contribution in [-0.4, -0.2) is 10.2 Å². The minimum atomic E-state index is 0.0387. The Kier molecular flexibility index (Phi) is 3.26. The highest BCUT2D eigenvalue weighted by Crippen LogP contribution is 2.12. The largest absolute Gasteiger partial charge is 0.392 e. The fraction of sp³-hybridized carbons (Fsp3) is 0.400. The quantitative estimate of drug-likeness (QED) is 0.709. The molecule has 2 N–H and O–H groups in total. The van der Waals surface area contributed by atoms with Gasteiger partial charge in [-0.2, -0.15) is 0 Å². The molecule has 2 heteroatoms. The minimum absolute atomic E-state index is 0.0387. The van der Waals surface area contributed by atoms with Crippen LogP contribution >= 0.6 is 0 Å². The molecule has 66 valence electrons. The zero-order valence-corrected chi connectivity index (χ0v) is 7.25. The van der Waals surface area contributed by atoms with E-state index in [1.165, 1.54) is 0 Å². The van der Waals surface area contributed by atoms with Gasteiger partial charge in [0, 0.05) is 0 Å². The van der Waals surface area contributed by atoms with Gasteiger partial charge in [-0.05, 0) is 23.1 Å². The average molecular weight is 166 g/mol. The molecule has 12 heavy (non-hydrogen) atoms. The maximum atomic E-state index is 8.99. The van der Waals surface area contributed by atoms with Gasteiger partial charge in [0.2, 0.25) is 0 Å². The zero-order chi connectivity index (χ0) is 8.97. The van der Waals surface area contributed by atoms with Crippen LogP contribution in [0.2, 0.25) is 0 Å². The molecular formula is C10H14O2. The molecule has 0 aliphatic carbocycles. The Hall–Kier alpha value is -0.860. The molecule has 0 fully saturated rings. The molecule has 0 radical (unpaired) electrons. The predicted octanol–water partition coefficient (Wildman–Crippen LogP) is 1.23. The summed E-state index contributed by atoms with van der Waals surface area (Å²) in [5.41, 5.74) is 2.93. The third-order valence-electron chi connectivity index (χ3n) is 2.00. The number of aliphatic hydroxyl groups is 2. The predicted molar refractivity (Wildman–Crippen MR) is 47.7 cm³/mol. The number of aliphatic hydroxyl groups excluding tert-OH is 2. The maximum Gasteiger partial charge on any atom is 0.0684 e. The highest BCUT2D eigenvalue weighted by atomic mass is 16.3. The summed E-state index contributed by atoms with van der Waals surface area (Å²) in [6, 6.07) is 5.69. The monoisotopic (exact) mass is 166 g/mol. The van der Waals surface area contributed by atoms with E-state index in [1.807, 2.05) is 25.1 Å². The number of aryl methyl sites for hydroxylation is 1. The lowest BCUT2D eigenvalue weighted by molar-refractivity contribution is 0.274. The molecule has 1 aromatic rings. The van der Waals surface area contributed by atoms with Crippen LogP contribution in [0.25, 0.3) is 0 Å². The Morgan fingerprint density at radius 1 is 1.08 bits per heavy atom. The molecule has 0 aromatic heterocycles. The van der Waals surface area contributed by atoms with Gasteiger partial charge in [0.05, 0.1) is 13.2 Å². The number of benzene rings is 1. The molecule has 0 spiro atoms. The third kappa shape index (κ3) is 1.84. The highest BCUT2D eigenvalue weighted by molar-refractivity contribution is 5.31. The van der Waals surface area contributed by atoms with Crippen LogP contribution < -0.4 is 0 Å². The van der Waals surface area contributed by atoms with E-state index in [0.29, 0.717) is 0 Å². The van der Waals surface area contributed by atoms with Crippen LogP contribution in [0.4, 0.5) is 0 Å². The second-order valence-corrected chi connectivity index (χ2v) is 2.77. The number of rotatable bonds is 3. The first-order chi connectivity index (χ1) is 5.81. The van der Waals surface area contributed by atoms with E-state index in [2.05, 4.69) is 0 Å². The lowest BCUT2D eigenvalue weighted by Gasteiger charge is -2.06. The van der Waals surface area contributed by atoms with Crippen LogP contribution in [0.5, 0.6) is 0 Å². The molecule has 1 rings (SSSR count). The van der Waals surface area contributed by atoms with Gasteiger partial charge < -0.3 is 10.2 Å². The van der Waals surface area contributed by atoms with Crippen molar-refractivity contribution in [2.75, 3.05) is 0 Å². The zero-order valence-electron chi connectivity index (χ0n) is 7.25. The van der Waals surface area contributed by atoms with E-state index in [0.717, 1.165) is 23.1 Å².